The first-order valence-electron chi connectivity index (χ1n) is 19.3. The highest BCUT2D eigenvalue weighted by atomic mass is 16.6. The smallest absolute Gasteiger partial charge is 0.333 e. The minimum absolute atomic E-state index is 0.109. The summed E-state index contributed by atoms with van der Waals surface area (Å²) < 4.78 is 43.3. The Bertz CT molecular complexity index is 1770. The predicted octanol–water partition coefficient (Wildman–Crippen LogP) is 6.97. The van der Waals surface area contributed by atoms with Crippen LogP contribution in [0.4, 0.5) is 0 Å². The summed E-state index contributed by atoms with van der Waals surface area (Å²) in [6.45, 7) is 19.7. The molecule has 1 aliphatic heterocycles. The number of allylic oxidation sites excluding steroid dienone is 3. The zero-order valence-corrected chi connectivity index (χ0v) is 34.3. The number of hydrogen-bond donors (Lipinski definition) is 0. The van der Waals surface area contributed by atoms with E-state index < -0.39 is 94.4 Å². The van der Waals surface area contributed by atoms with Crippen molar-refractivity contribution in [2.24, 2.45) is 34.0 Å². The second-order valence-electron chi connectivity index (χ2n) is 16.8. The SMILES string of the molecule is C/C=C(\C)C(=O)O[C@H]1C[C@@H](OC(=O)/C(C)=C/C)[C@@]2(C)CO[C@H]3[C@@H](OC(=O)C(C)C)[C@@](C)(C4=C(C)[C@H](c5ccoc5)C[C@@H]4OC(C)=O)[C@H](CC(=O)OC)[C@]1(C)[C@@H]32. The number of furan rings is 1. The molecular weight excluding hydrogens is 708 g/mol. The Hall–Kier alpha value is -4.19. The van der Waals surface area contributed by atoms with E-state index in [2.05, 4.69) is 0 Å². The lowest BCUT2D eigenvalue weighted by Gasteiger charge is -2.66. The van der Waals surface area contributed by atoms with E-state index in [0.717, 1.165) is 11.1 Å². The summed E-state index contributed by atoms with van der Waals surface area (Å²) in [5.74, 6) is -4.65. The topological polar surface area (TPSA) is 154 Å². The normalized spacial score (nSPS) is 35.9. The molecule has 1 saturated heterocycles. The Morgan fingerprint density at radius 1 is 0.909 bits per heavy atom. The van der Waals surface area contributed by atoms with Crippen molar-refractivity contribution in [3.63, 3.8) is 0 Å². The lowest BCUT2D eigenvalue weighted by atomic mass is 9.39. The predicted molar refractivity (Wildman–Crippen MR) is 200 cm³/mol. The molecule has 2 saturated carbocycles. The van der Waals surface area contributed by atoms with E-state index >= 15 is 0 Å². The molecule has 1 aromatic rings. The van der Waals surface area contributed by atoms with Gasteiger partial charge in [0.1, 0.15) is 24.4 Å². The lowest BCUT2D eigenvalue weighted by Crippen LogP contribution is -2.72. The molecule has 0 bridgehead atoms. The average molecular weight is 767 g/mol. The van der Waals surface area contributed by atoms with Crippen molar-refractivity contribution in [3.05, 3.63) is 58.6 Å². The van der Waals surface area contributed by atoms with Crippen molar-refractivity contribution in [3.8, 4) is 0 Å². The zero-order chi connectivity index (χ0) is 40.8. The van der Waals surface area contributed by atoms with Gasteiger partial charge in [0.2, 0.25) is 0 Å². The van der Waals surface area contributed by atoms with Crippen LogP contribution in [0.3, 0.4) is 0 Å². The van der Waals surface area contributed by atoms with Crippen LogP contribution in [-0.2, 0) is 52.4 Å². The lowest BCUT2D eigenvalue weighted by molar-refractivity contribution is -0.261. The van der Waals surface area contributed by atoms with Crippen molar-refractivity contribution in [2.75, 3.05) is 13.7 Å². The molecule has 0 N–H and O–H groups in total. The largest absolute Gasteiger partial charge is 0.472 e. The molecule has 12 heteroatoms. The first-order chi connectivity index (χ1) is 25.8. The third-order valence-corrected chi connectivity index (χ3v) is 13.4. The van der Waals surface area contributed by atoms with Crippen molar-refractivity contribution in [1.29, 1.82) is 0 Å². The molecule has 0 amide bonds. The van der Waals surface area contributed by atoms with Crippen LogP contribution < -0.4 is 0 Å². The molecule has 0 radical (unpaired) electrons. The van der Waals surface area contributed by atoms with Crippen molar-refractivity contribution >= 4 is 29.8 Å². The van der Waals surface area contributed by atoms with Gasteiger partial charge in [-0.05, 0) is 64.2 Å². The third kappa shape index (κ3) is 7.08. The van der Waals surface area contributed by atoms with Gasteiger partial charge >= 0.3 is 29.8 Å². The molecule has 3 fully saturated rings. The number of esters is 5. The Balaban J connectivity index is 1.85. The van der Waals surface area contributed by atoms with Crippen LogP contribution >= 0.6 is 0 Å². The maximum absolute atomic E-state index is 13.9. The Kier molecular flexibility index (Phi) is 12.0. The van der Waals surface area contributed by atoms with E-state index in [1.807, 2.05) is 33.8 Å². The van der Waals surface area contributed by atoms with Gasteiger partial charge in [0.05, 0.1) is 38.3 Å². The number of ether oxygens (including phenoxy) is 6. The Labute approximate surface area is 324 Å². The van der Waals surface area contributed by atoms with Gasteiger partial charge < -0.3 is 32.8 Å². The summed E-state index contributed by atoms with van der Waals surface area (Å²) in [5, 5.41) is 0. The highest BCUT2D eigenvalue weighted by molar-refractivity contribution is 5.88. The molecule has 302 valence electrons. The second-order valence-corrected chi connectivity index (χ2v) is 16.8. The summed E-state index contributed by atoms with van der Waals surface area (Å²) in [4.78, 5) is 67.8. The quantitative estimate of drug-likeness (QED) is 0.0989. The molecule has 4 aliphatic rings. The summed E-state index contributed by atoms with van der Waals surface area (Å²) in [6.07, 6.45) is 2.59. The van der Waals surface area contributed by atoms with Gasteiger partial charge in [-0.3, -0.25) is 14.4 Å². The van der Waals surface area contributed by atoms with E-state index in [-0.39, 0.29) is 25.4 Å². The molecule has 0 spiro atoms. The molecule has 2 heterocycles. The first-order valence-corrected chi connectivity index (χ1v) is 19.3. The first kappa shape index (κ1) is 42.0. The van der Waals surface area contributed by atoms with E-state index in [1.54, 1.807) is 66.2 Å². The molecule has 1 aromatic heterocycles. The number of rotatable bonds is 11. The summed E-state index contributed by atoms with van der Waals surface area (Å²) in [7, 11) is 1.32. The second kappa shape index (κ2) is 15.7. The van der Waals surface area contributed by atoms with Crippen LogP contribution in [-0.4, -0.2) is 74.1 Å². The van der Waals surface area contributed by atoms with Gasteiger partial charge in [-0.25, -0.2) is 9.59 Å². The number of carbonyl (C=O) groups is 5. The summed E-state index contributed by atoms with van der Waals surface area (Å²) in [6, 6.07) is 1.87. The fraction of sp³-hybridized carbons (Fsp3) is 0.651. The van der Waals surface area contributed by atoms with Gasteiger partial charge in [0, 0.05) is 59.0 Å². The molecule has 3 aliphatic carbocycles. The average Bonchev–Trinajstić information content (AvgIpc) is 3.88. The molecule has 0 unspecified atom stereocenters. The maximum Gasteiger partial charge on any atom is 0.333 e. The van der Waals surface area contributed by atoms with Gasteiger partial charge in [-0.1, -0.05) is 52.3 Å². The Morgan fingerprint density at radius 2 is 1.53 bits per heavy atom. The zero-order valence-electron chi connectivity index (χ0n) is 34.3. The molecule has 12 nitrogen and oxygen atoms in total. The van der Waals surface area contributed by atoms with Crippen LogP contribution in [0.2, 0.25) is 0 Å². The van der Waals surface area contributed by atoms with Crippen molar-refractivity contribution in [2.45, 2.75) is 132 Å². The fourth-order valence-corrected chi connectivity index (χ4v) is 10.4. The van der Waals surface area contributed by atoms with E-state index in [4.69, 9.17) is 32.8 Å². The van der Waals surface area contributed by atoms with Gasteiger partial charge in [0.15, 0.2) is 0 Å². The summed E-state index contributed by atoms with van der Waals surface area (Å²) >= 11 is 0. The van der Waals surface area contributed by atoms with Crippen molar-refractivity contribution < 1.29 is 56.8 Å². The van der Waals surface area contributed by atoms with E-state index in [0.29, 0.717) is 23.1 Å². The molecular formula is C43H58O12. The molecule has 11 atom stereocenters. The fourth-order valence-electron chi connectivity index (χ4n) is 10.4. The molecule has 5 rings (SSSR count). The number of methoxy groups -OCH3 is 1. The monoisotopic (exact) mass is 766 g/mol. The maximum atomic E-state index is 13.9. The highest BCUT2D eigenvalue weighted by Crippen LogP contribution is 2.72. The molecule has 55 heavy (non-hydrogen) atoms. The van der Waals surface area contributed by atoms with E-state index in [1.165, 1.54) is 14.0 Å². The van der Waals surface area contributed by atoms with Crippen LogP contribution in [0.1, 0.15) is 107 Å². The number of carbonyl (C=O) groups excluding carboxylic acids is 5. The van der Waals surface area contributed by atoms with Crippen LogP contribution in [0.15, 0.2) is 57.5 Å². The summed E-state index contributed by atoms with van der Waals surface area (Å²) in [5.41, 5.74) is 0.0142. The van der Waals surface area contributed by atoms with Gasteiger partial charge in [-0.2, -0.15) is 0 Å². The molecule has 0 aromatic carbocycles. The highest BCUT2D eigenvalue weighted by Gasteiger charge is 2.77. The van der Waals surface area contributed by atoms with Crippen LogP contribution in [0.5, 0.6) is 0 Å². The van der Waals surface area contributed by atoms with Gasteiger partial charge in [-0.15, -0.1) is 0 Å². The van der Waals surface area contributed by atoms with E-state index in [9.17, 15) is 24.0 Å². The standard InChI is InChI=1S/C43H58O12/c1-13-23(5)39(47)53-31-19-32(54-40(48)24(6)14-2)42(10)30(18-33(45)49-12)43(11,37(55-38(46)22(3)4)35-36(42)41(31,9)21-51-35)34-25(7)28(27-15-16-50-20-27)17-29(34)52-26(8)44/h13-16,20,22,28-32,35-37H,17-19,21H2,1-12H3/b23-13+,24-14+/t28-,29+,30-,31-,32+,35-,36+,37-,41-,42+,43-/m1/s1. The minimum Gasteiger partial charge on any atom is -0.472 e. The minimum atomic E-state index is -1.27. The van der Waals surface area contributed by atoms with Crippen molar-refractivity contribution in [1.82, 2.24) is 0 Å². The third-order valence-electron chi connectivity index (χ3n) is 13.4. The van der Waals surface area contributed by atoms with Gasteiger partial charge in [0.25, 0.3) is 0 Å². The number of hydrogen-bond acceptors (Lipinski definition) is 12. The van der Waals surface area contributed by atoms with Crippen LogP contribution in [0.25, 0.3) is 0 Å². The Morgan fingerprint density at radius 3 is 2.05 bits per heavy atom. The van der Waals surface area contributed by atoms with Crippen LogP contribution in [0, 0.1) is 34.0 Å².